The van der Waals surface area contributed by atoms with E-state index in [4.69, 9.17) is 32.7 Å². The molecule has 2 fully saturated rings. The van der Waals surface area contributed by atoms with Crippen molar-refractivity contribution in [3.63, 3.8) is 0 Å². The predicted octanol–water partition coefficient (Wildman–Crippen LogP) is 3.80. The van der Waals surface area contributed by atoms with Gasteiger partial charge in [-0.15, -0.1) is 0 Å². The van der Waals surface area contributed by atoms with Crippen molar-refractivity contribution < 1.29 is 14.6 Å². The zero-order valence-corrected chi connectivity index (χ0v) is 14.3. The summed E-state index contributed by atoms with van der Waals surface area (Å²) >= 11 is 11.4. The number of fused-ring (bicyclic) bond motifs is 1. The van der Waals surface area contributed by atoms with E-state index in [2.05, 4.69) is 15.3 Å². The third kappa shape index (κ3) is 4.48. The molecule has 2 aliphatic rings. The first kappa shape index (κ1) is 17.2. The zero-order chi connectivity index (χ0) is 16.9. The van der Waals surface area contributed by atoms with Crippen molar-refractivity contribution in [2.75, 3.05) is 18.5 Å². The number of hydrogen-bond donors (Lipinski definition) is 2. The van der Waals surface area contributed by atoms with Crippen molar-refractivity contribution in [3.05, 3.63) is 40.8 Å². The molecule has 2 aromatic rings. The van der Waals surface area contributed by atoms with Crippen LogP contribution in [0.2, 0.25) is 10.3 Å². The lowest BCUT2D eigenvalue weighted by atomic mass is 10.2. The molecule has 3 heterocycles. The minimum absolute atomic E-state index is 0.0351. The molecule has 128 valence electrons. The number of benzene rings is 1. The second-order valence-electron chi connectivity index (χ2n) is 5.40. The molecule has 0 unspecified atom stereocenters. The van der Waals surface area contributed by atoms with Crippen LogP contribution in [0.25, 0.3) is 0 Å². The van der Waals surface area contributed by atoms with Gasteiger partial charge in [-0.2, -0.15) is 0 Å². The number of phenols is 1. The number of aromatic hydroxyl groups is 1. The lowest BCUT2D eigenvalue weighted by molar-refractivity contribution is 0.0732. The van der Waals surface area contributed by atoms with E-state index >= 15 is 0 Å². The number of halogens is 2. The highest BCUT2D eigenvalue weighted by atomic mass is 35.5. The van der Waals surface area contributed by atoms with Gasteiger partial charge in [0.25, 0.3) is 0 Å². The summed E-state index contributed by atoms with van der Waals surface area (Å²) in [6.07, 6.45) is 4.68. The van der Waals surface area contributed by atoms with Gasteiger partial charge in [-0.25, -0.2) is 9.97 Å². The van der Waals surface area contributed by atoms with Crippen LogP contribution in [-0.4, -0.2) is 40.5 Å². The number of hydrogen-bond acceptors (Lipinski definition) is 6. The lowest BCUT2D eigenvalue weighted by Crippen LogP contribution is -2.13. The van der Waals surface area contributed by atoms with Crippen LogP contribution in [-0.2, 0) is 9.47 Å². The monoisotopic (exact) mass is 369 g/mol. The number of anilines is 2. The molecule has 0 spiro atoms. The van der Waals surface area contributed by atoms with Crippen molar-refractivity contribution in [1.82, 2.24) is 9.97 Å². The summed E-state index contributed by atoms with van der Waals surface area (Å²) in [5.41, 5.74) is 0.706. The Bertz CT molecular complexity index is 682. The number of nitrogens with one attached hydrogen (secondary N) is 1. The van der Waals surface area contributed by atoms with Crippen LogP contribution >= 0.6 is 23.2 Å². The van der Waals surface area contributed by atoms with E-state index in [1.807, 2.05) is 0 Å². The van der Waals surface area contributed by atoms with Gasteiger partial charge in [-0.3, -0.25) is 0 Å². The molecular formula is C16H17Cl2N3O3. The van der Waals surface area contributed by atoms with Gasteiger partial charge in [-0.1, -0.05) is 11.6 Å². The van der Waals surface area contributed by atoms with E-state index in [1.54, 1.807) is 24.4 Å². The van der Waals surface area contributed by atoms with E-state index < -0.39 is 0 Å². The molecule has 0 radical (unpaired) electrons. The third-order valence-corrected chi connectivity index (χ3v) is 4.21. The molecule has 6 nitrogen and oxygen atoms in total. The number of rotatable bonds is 2. The SMILES string of the molecule is C1C[C@H]2OCC[C@H]2O1.Oc1ccc(Nc2ccnc(Cl)n2)cc1Cl. The maximum absolute atomic E-state index is 9.25. The van der Waals surface area contributed by atoms with Gasteiger partial charge in [0.2, 0.25) is 5.28 Å². The molecule has 0 aliphatic carbocycles. The summed E-state index contributed by atoms with van der Waals surface area (Å²) in [5.74, 6) is 0.592. The van der Waals surface area contributed by atoms with Crippen LogP contribution in [0.4, 0.5) is 11.5 Å². The average Bonchev–Trinajstić information content (AvgIpc) is 3.16. The molecule has 0 amide bonds. The van der Waals surface area contributed by atoms with Gasteiger partial charge in [0.05, 0.1) is 17.2 Å². The first-order valence-electron chi connectivity index (χ1n) is 7.59. The zero-order valence-electron chi connectivity index (χ0n) is 12.8. The van der Waals surface area contributed by atoms with Gasteiger partial charge in [-0.05, 0) is 48.7 Å². The standard InChI is InChI=1S/C10H7Cl2N3O.C6H10O2/c11-7-5-6(1-2-8(7)16)14-9-3-4-13-10(12)15-9;1-3-7-6-2-4-8-5(1)6/h1-5,16H,(H,13,14,15);5-6H,1-4H2/t;5-,6-/m.1/s1. The van der Waals surface area contributed by atoms with Gasteiger partial charge >= 0.3 is 0 Å². The minimum Gasteiger partial charge on any atom is -0.506 e. The molecular weight excluding hydrogens is 353 g/mol. The first-order chi connectivity index (χ1) is 11.6. The third-order valence-electron chi connectivity index (χ3n) is 3.73. The van der Waals surface area contributed by atoms with Crippen LogP contribution in [0.1, 0.15) is 12.8 Å². The van der Waals surface area contributed by atoms with Crippen LogP contribution < -0.4 is 5.32 Å². The summed E-state index contributed by atoms with van der Waals surface area (Å²) in [6, 6.07) is 6.43. The van der Waals surface area contributed by atoms with E-state index in [9.17, 15) is 5.11 Å². The normalized spacial score (nSPS) is 21.8. The molecule has 2 aliphatic heterocycles. The van der Waals surface area contributed by atoms with Crippen molar-refractivity contribution in [2.45, 2.75) is 25.0 Å². The highest BCUT2D eigenvalue weighted by Crippen LogP contribution is 2.27. The maximum atomic E-state index is 9.25. The summed E-state index contributed by atoms with van der Waals surface area (Å²) in [5, 5.41) is 12.7. The minimum atomic E-state index is 0.0351. The second kappa shape index (κ2) is 7.98. The quantitative estimate of drug-likeness (QED) is 0.619. The average molecular weight is 370 g/mol. The topological polar surface area (TPSA) is 76.5 Å². The van der Waals surface area contributed by atoms with Crippen molar-refractivity contribution >= 4 is 34.7 Å². The number of nitrogens with zero attached hydrogens (tertiary/aromatic N) is 2. The fraction of sp³-hybridized carbons (Fsp3) is 0.375. The highest BCUT2D eigenvalue weighted by Gasteiger charge is 2.33. The van der Waals surface area contributed by atoms with Gasteiger partial charge in [0.1, 0.15) is 11.6 Å². The first-order valence-corrected chi connectivity index (χ1v) is 8.35. The molecule has 4 rings (SSSR count). The van der Waals surface area contributed by atoms with Crippen LogP contribution in [0.5, 0.6) is 5.75 Å². The molecule has 2 N–H and O–H groups in total. The Morgan fingerprint density at radius 1 is 1.08 bits per heavy atom. The molecule has 0 bridgehead atoms. The smallest absolute Gasteiger partial charge is 0.224 e. The fourth-order valence-electron chi connectivity index (χ4n) is 2.56. The second-order valence-corrected chi connectivity index (χ2v) is 6.14. The fourth-order valence-corrected chi connectivity index (χ4v) is 2.89. The van der Waals surface area contributed by atoms with Crippen LogP contribution in [0, 0.1) is 0 Å². The summed E-state index contributed by atoms with van der Waals surface area (Å²) in [4.78, 5) is 7.72. The molecule has 0 saturated carbocycles. The van der Waals surface area contributed by atoms with E-state index in [-0.39, 0.29) is 16.1 Å². The summed E-state index contributed by atoms with van der Waals surface area (Å²) in [6.45, 7) is 1.82. The van der Waals surface area contributed by atoms with E-state index in [0.717, 1.165) is 26.1 Å². The van der Waals surface area contributed by atoms with Crippen molar-refractivity contribution in [1.29, 1.82) is 0 Å². The Morgan fingerprint density at radius 3 is 2.42 bits per heavy atom. The number of aromatic nitrogens is 2. The maximum Gasteiger partial charge on any atom is 0.224 e. The van der Waals surface area contributed by atoms with Crippen molar-refractivity contribution in [3.8, 4) is 5.75 Å². The van der Waals surface area contributed by atoms with Gasteiger partial charge in [0, 0.05) is 25.1 Å². The molecule has 24 heavy (non-hydrogen) atoms. The largest absolute Gasteiger partial charge is 0.506 e. The molecule has 2 atom stereocenters. The summed E-state index contributed by atoms with van der Waals surface area (Å²) < 4.78 is 10.7. The number of ether oxygens (including phenoxy) is 2. The van der Waals surface area contributed by atoms with Gasteiger partial charge in [0.15, 0.2) is 0 Å². The van der Waals surface area contributed by atoms with Crippen LogP contribution in [0.15, 0.2) is 30.5 Å². The van der Waals surface area contributed by atoms with E-state index in [1.165, 1.54) is 6.07 Å². The Balaban J connectivity index is 0.000000175. The van der Waals surface area contributed by atoms with Gasteiger partial charge < -0.3 is 19.9 Å². The molecule has 2 saturated heterocycles. The Morgan fingerprint density at radius 2 is 1.79 bits per heavy atom. The molecule has 8 heteroatoms. The van der Waals surface area contributed by atoms with E-state index in [0.29, 0.717) is 23.7 Å². The predicted molar refractivity (Wildman–Crippen MR) is 92.2 cm³/mol. The van der Waals surface area contributed by atoms with Crippen LogP contribution in [0.3, 0.4) is 0 Å². The van der Waals surface area contributed by atoms with Crippen molar-refractivity contribution in [2.24, 2.45) is 0 Å². The number of phenolic OH excluding ortho intramolecular Hbond substituents is 1. The Labute approximate surface area is 149 Å². The highest BCUT2D eigenvalue weighted by molar-refractivity contribution is 6.32. The molecule has 1 aromatic carbocycles. The lowest BCUT2D eigenvalue weighted by Gasteiger charge is -2.06. The Hall–Kier alpha value is -1.60. The Kier molecular flexibility index (Phi) is 5.73. The molecule has 1 aromatic heterocycles. The summed E-state index contributed by atoms with van der Waals surface area (Å²) in [7, 11) is 0.